The number of anilines is 1. The molecule has 3 nitrogen and oxygen atoms in total. The summed E-state index contributed by atoms with van der Waals surface area (Å²) in [5.74, 6) is 1.53. The maximum atomic E-state index is 6.04. The Balaban J connectivity index is 1.93. The number of aryl methyl sites for hydroxylation is 3. The van der Waals surface area contributed by atoms with Crippen LogP contribution >= 0.6 is 0 Å². The van der Waals surface area contributed by atoms with E-state index in [1.54, 1.807) is 0 Å². The topological polar surface area (TPSA) is 51.8 Å². The number of hydrogen-bond acceptors (Lipinski definition) is 3. The van der Waals surface area contributed by atoms with E-state index in [1.165, 1.54) is 22.3 Å². The van der Waals surface area contributed by atoms with Crippen molar-refractivity contribution in [1.82, 2.24) is 9.97 Å². The lowest BCUT2D eigenvalue weighted by atomic mass is 10.0. The van der Waals surface area contributed by atoms with E-state index >= 15 is 0 Å². The van der Waals surface area contributed by atoms with E-state index in [9.17, 15) is 0 Å². The van der Waals surface area contributed by atoms with E-state index in [-0.39, 0.29) is 0 Å². The Labute approximate surface area is 113 Å². The number of aromatic nitrogens is 2. The van der Waals surface area contributed by atoms with Crippen LogP contribution in [-0.2, 0) is 19.3 Å². The minimum absolute atomic E-state index is 0.682. The lowest BCUT2D eigenvalue weighted by Gasteiger charge is -2.08. The Hall–Kier alpha value is -1.90. The monoisotopic (exact) mass is 253 g/mol. The van der Waals surface area contributed by atoms with Crippen LogP contribution in [0.1, 0.15) is 40.2 Å². The molecule has 19 heavy (non-hydrogen) atoms. The van der Waals surface area contributed by atoms with Crippen molar-refractivity contribution in [2.45, 2.75) is 39.5 Å². The first-order valence-electron chi connectivity index (χ1n) is 6.83. The van der Waals surface area contributed by atoms with Gasteiger partial charge in [0.25, 0.3) is 0 Å². The highest BCUT2D eigenvalue weighted by molar-refractivity contribution is 5.45. The molecule has 2 aromatic rings. The number of nitrogens with zero attached hydrogens (tertiary/aromatic N) is 2. The molecule has 3 heteroatoms. The number of hydrogen-bond donors (Lipinski definition) is 1. The Bertz CT molecular complexity index is 612. The first-order chi connectivity index (χ1) is 9.11. The molecule has 0 spiro atoms. The van der Waals surface area contributed by atoms with Crippen molar-refractivity contribution in [2.24, 2.45) is 0 Å². The van der Waals surface area contributed by atoms with Crippen LogP contribution in [0.5, 0.6) is 0 Å². The fourth-order valence-electron chi connectivity index (χ4n) is 2.95. The van der Waals surface area contributed by atoms with Crippen LogP contribution in [0.2, 0.25) is 0 Å². The second-order valence-electron chi connectivity index (χ2n) is 5.48. The molecule has 1 aromatic carbocycles. The predicted octanol–water partition coefficient (Wildman–Crippen LogP) is 2.76. The minimum atomic E-state index is 0.682. The van der Waals surface area contributed by atoms with E-state index in [4.69, 9.17) is 5.73 Å². The van der Waals surface area contributed by atoms with Crippen LogP contribution in [-0.4, -0.2) is 9.97 Å². The van der Waals surface area contributed by atoms with Gasteiger partial charge in [-0.2, -0.15) is 0 Å². The van der Waals surface area contributed by atoms with Gasteiger partial charge in [-0.25, -0.2) is 9.97 Å². The third kappa shape index (κ3) is 2.46. The molecule has 98 valence electrons. The third-order valence-corrected chi connectivity index (χ3v) is 3.66. The second kappa shape index (κ2) is 4.65. The standard InChI is InChI=1S/C16H19N3/c1-10-6-11(2)8-12(7-10)9-15-18-14-5-3-4-13(14)16(17)19-15/h6-8H,3-5,9H2,1-2H3,(H2,17,18,19). The lowest BCUT2D eigenvalue weighted by molar-refractivity contribution is 0.885. The first-order valence-corrected chi connectivity index (χ1v) is 6.83. The van der Waals surface area contributed by atoms with Crippen molar-refractivity contribution < 1.29 is 0 Å². The number of fused-ring (bicyclic) bond motifs is 1. The van der Waals surface area contributed by atoms with Gasteiger partial charge in [0.05, 0.1) is 0 Å². The Kier molecular flexibility index (Phi) is 2.97. The fraction of sp³-hybridized carbons (Fsp3) is 0.375. The zero-order chi connectivity index (χ0) is 13.4. The van der Waals surface area contributed by atoms with Gasteiger partial charge >= 0.3 is 0 Å². The predicted molar refractivity (Wildman–Crippen MR) is 77.2 cm³/mol. The van der Waals surface area contributed by atoms with Gasteiger partial charge in [0.1, 0.15) is 11.6 Å². The molecule has 0 saturated carbocycles. The number of nitrogen functional groups attached to an aromatic ring is 1. The molecular weight excluding hydrogens is 234 g/mol. The van der Waals surface area contributed by atoms with Gasteiger partial charge in [-0.15, -0.1) is 0 Å². The summed E-state index contributed by atoms with van der Waals surface area (Å²) >= 11 is 0. The van der Waals surface area contributed by atoms with Crippen LogP contribution in [0.3, 0.4) is 0 Å². The molecule has 0 aliphatic heterocycles. The minimum Gasteiger partial charge on any atom is -0.383 e. The van der Waals surface area contributed by atoms with Gasteiger partial charge in [-0.05, 0) is 38.7 Å². The number of rotatable bonds is 2. The zero-order valence-corrected chi connectivity index (χ0v) is 11.5. The van der Waals surface area contributed by atoms with Crippen molar-refractivity contribution in [2.75, 3.05) is 5.73 Å². The molecule has 1 heterocycles. The van der Waals surface area contributed by atoms with E-state index < -0.39 is 0 Å². The Morgan fingerprint density at radius 2 is 1.79 bits per heavy atom. The van der Waals surface area contributed by atoms with Gasteiger partial charge in [-0.1, -0.05) is 29.3 Å². The van der Waals surface area contributed by atoms with Crippen molar-refractivity contribution in [3.63, 3.8) is 0 Å². The van der Waals surface area contributed by atoms with E-state index in [1.807, 2.05) is 0 Å². The van der Waals surface area contributed by atoms with Crippen LogP contribution in [0.15, 0.2) is 18.2 Å². The summed E-state index contributed by atoms with van der Waals surface area (Å²) in [6.45, 7) is 4.24. The maximum absolute atomic E-state index is 6.04. The van der Waals surface area contributed by atoms with Gasteiger partial charge < -0.3 is 5.73 Å². The molecule has 0 bridgehead atoms. The van der Waals surface area contributed by atoms with Crippen molar-refractivity contribution in [3.05, 3.63) is 52.0 Å². The summed E-state index contributed by atoms with van der Waals surface area (Å²) in [6, 6.07) is 6.57. The first kappa shape index (κ1) is 12.2. The molecule has 3 rings (SSSR count). The molecule has 0 saturated heterocycles. The Morgan fingerprint density at radius 3 is 2.53 bits per heavy atom. The second-order valence-corrected chi connectivity index (χ2v) is 5.48. The van der Waals surface area contributed by atoms with Gasteiger partial charge in [0, 0.05) is 17.7 Å². The number of benzene rings is 1. The zero-order valence-electron chi connectivity index (χ0n) is 11.5. The highest BCUT2D eigenvalue weighted by atomic mass is 15.0. The SMILES string of the molecule is Cc1cc(C)cc(Cc2nc(N)c3c(n2)CCC3)c1. The average molecular weight is 253 g/mol. The lowest BCUT2D eigenvalue weighted by Crippen LogP contribution is -2.06. The van der Waals surface area contributed by atoms with E-state index in [0.717, 1.165) is 37.2 Å². The van der Waals surface area contributed by atoms with Crippen molar-refractivity contribution in [1.29, 1.82) is 0 Å². The quantitative estimate of drug-likeness (QED) is 0.895. The normalized spacial score (nSPS) is 13.6. The molecule has 1 aromatic heterocycles. The molecular formula is C16H19N3. The van der Waals surface area contributed by atoms with Crippen LogP contribution < -0.4 is 5.73 Å². The molecule has 0 amide bonds. The summed E-state index contributed by atoms with van der Waals surface area (Å²) in [7, 11) is 0. The van der Waals surface area contributed by atoms with Crippen molar-refractivity contribution in [3.8, 4) is 0 Å². The highest BCUT2D eigenvalue weighted by Gasteiger charge is 2.17. The summed E-state index contributed by atoms with van der Waals surface area (Å²) in [4.78, 5) is 9.14. The number of nitrogens with two attached hydrogens (primary N) is 1. The maximum Gasteiger partial charge on any atom is 0.135 e. The van der Waals surface area contributed by atoms with E-state index in [2.05, 4.69) is 42.0 Å². The molecule has 0 unspecified atom stereocenters. The largest absolute Gasteiger partial charge is 0.383 e. The Morgan fingerprint density at radius 1 is 1.05 bits per heavy atom. The molecule has 2 N–H and O–H groups in total. The van der Waals surface area contributed by atoms with Crippen molar-refractivity contribution >= 4 is 5.82 Å². The van der Waals surface area contributed by atoms with Gasteiger partial charge in [-0.3, -0.25) is 0 Å². The van der Waals surface area contributed by atoms with Gasteiger partial charge in [0.15, 0.2) is 0 Å². The molecule has 0 atom stereocenters. The average Bonchev–Trinajstić information content (AvgIpc) is 2.75. The van der Waals surface area contributed by atoms with Crippen LogP contribution in [0, 0.1) is 13.8 Å². The van der Waals surface area contributed by atoms with E-state index in [0.29, 0.717) is 5.82 Å². The van der Waals surface area contributed by atoms with Gasteiger partial charge in [0.2, 0.25) is 0 Å². The molecule has 0 fully saturated rings. The smallest absolute Gasteiger partial charge is 0.135 e. The summed E-state index contributed by atoms with van der Waals surface area (Å²) in [5.41, 5.74) is 12.2. The van der Waals surface area contributed by atoms with Crippen LogP contribution in [0.25, 0.3) is 0 Å². The molecule has 1 aliphatic rings. The third-order valence-electron chi connectivity index (χ3n) is 3.66. The highest BCUT2D eigenvalue weighted by Crippen LogP contribution is 2.24. The summed E-state index contributed by atoms with van der Waals surface area (Å²) < 4.78 is 0. The fourth-order valence-corrected chi connectivity index (χ4v) is 2.95. The molecule has 0 radical (unpaired) electrons. The van der Waals surface area contributed by atoms with Crippen LogP contribution in [0.4, 0.5) is 5.82 Å². The summed E-state index contributed by atoms with van der Waals surface area (Å²) in [5, 5.41) is 0. The molecule has 1 aliphatic carbocycles. The summed E-state index contributed by atoms with van der Waals surface area (Å²) in [6.07, 6.45) is 3.99.